The highest BCUT2D eigenvalue weighted by molar-refractivity contribution is 6.44. The minimum absolute atomic E-state index is 0.0207. The minimum Gasteiger partial charge on any atom is -0.284 e. The van der Waals surface area contributed by atoms with E-state index < -0.39 is 17.8 Å². The minimum atomic E-state index is -0.801. The lowest BCUT2D eigenvalue weighted by atomic mass is 10.2. The summed E-state index contributed by atoms with van der Waals surface area (Å²) < 4.78 is 0. The van der Waals surface area contributed by atoms with Crippen molar-refractivity contribution in [2.75, 3.05) is 13.7 Å². The van der Waals surface area contributed by atoms with Crippen molar-refractivity contribution < 1.29 is 14.4 Å². The van der Waals surface area contributed by atoms with Gasteiger partial charge in [0.25, 0.3) is 0 Å². The van der Waals surface area contributed by atoms with Crippen LogP contribution in [0.4, 0.5) is 4.79 Å². The fourth-order valence-electron chi connectivity index (χ4n) is 2.34. The van der Waals surface area contributed by atoms with Gasteiger partial charge in [0.15, 0.2) is 0 Å². The van der Waals surface area contributed by atoms with Crippen molar-refractivity contribution in [3.8, 4) is 0 Å². The first kappa shape index (κ1) is 17.7. The zero-order chi connectivity index (χ0) is 17.3. The smallest absolute Gasteiger partial charge is 0.284 e. The Morgan fingerprint density at radius 3 is 2.26 bits per heavy atom. The van der Waals surface area contributed by atoms with Crippen LogP contribution >= 0.6 is 23.2 Å². The first-order valence-electron chi connectivity index (χ1n) is 7.04. The van der Waals surface area contributed by atoms with Gasteiger partial charge in [0.05, 0.1) is 16.7 Å². The maximum atomic E-state index is 12.2. The highest BCUT2D eigenvalue weighted by atomic mass is 35.5. The molecule has 1 saturated heterocycles. The van der Waals surface area contributed by atoms with Crippen molar-refractivity contribution in [2.24, 2.45) is 0 Å². The number of hydrogen-bond acceptors (Lipinski definition) is 4. The van der Waals surface area contributed by atoms with Gasteiger partial charge in [-0.3, -0.25) is 19.4 Å². The molecule has 23 heavy (non-hydrogen) atoms. The molecular formula is C15H17Cl2N3O3. The SMILES string of the molecule is CC(C)N1C(=O)C(=O)N(CN(C)Cc2ccc(Cl)c(Cl)c2)C1=O. The number of hydrogen-bond donors (Lipinski definition) is 0. The van der Waals surface area contributed by atoms with Crippen LogP contribution in [0, 0.1) is 0 Å². The standard InChI is InChI=1S/C15H17Cl2N3O3/c1-9(2)20-14(22)13(21)19(15(20)23)8-18(3)7-10-4-5-11(16)12(17)6-10/h4-6,9H,7-8H2,1-3H3. The quantitative estimate of drug-likeness (QED) is 0.600. The second-order valence-electron chi connectivity index (χ2n) is 5.69. The summed E-state index contributed by atoms with van der Waals surface area (Å²) in [6, 6.07) is 4.27. The summed E-state index contributed by atoms with van der Waals surface area (Å²) >= 11 is 11.8. The van der Waals surface area contributed by atoms with Crippen molar-refractivity contribution >= 4 is 41.0 Å². The van der Waals surface area contributed by atoms with E-state index in [4.69, 9.17) is 23.2 Å². The van der Waals surface area contributed by atoms with Crippen molar-refractivity contribution in [2.45, 2.75) is 26.4 Å². The van der Waals surface area contributed by atoms with Gasteiger partial charge in [-0.25, -0.2) is 9.69 Å². The van der Waals surface area contributed by atoms with Crippen LogP contribution in [-0.4, -0.2) is 52.3 Å². The molecule has 4 amide bonds. The van der Waals surface area contributed by atoms with E-state index in [2.05, 4.69) is 0 Å². The summed E-state index contributed by atoms with van der Waals surface area (Å²) in [6.45, 7) is 3.84. The summed E-state index contributed by atoms with van der Waals surface area (Å²) in [7, 11) is 1.74. The third-order valence-electron chi connectivity index (χ3n) is 3.42. The van der Waals surface area contributed by atoms with Crippen LogP contribution < -0.4 is 0 Å². The zero-order valence-corrected chi connectivity index (χ0v) is 14.6. The average Bonchev–Trinajstić information content (AvgIpc) is 2.67. The first-order valence-corrected chi connectivity index (χ1v) is 7.79. The number of urea groups is 1. The lowest BCUT2D eigenvalue weighted by Crippen LogP contribution is -2.41. The van der Waals surface area contributed by atoms with Crippen LogP contribution in [0.1, 0.15) is 19.4 Å². The monoisotopic (exact) mass is 357 g/mol. The van der Waals surface area contributed by atoms with Gasteiger partial charge in [0.1, 0.15) is 0 Å². The molecule has 0 atom stereocenters. The fraction of sp³-hybridized carbons (Fsp3) is 0.400. The molecule has 0 aromatic heterocycles. The van der Waals surface area contributed by atoms with Crippen LogP contribution in [0.5, 0.6) is 0 Å². The maximum Gasteiger partial charge on any atom is 0.335 e. The van der Waals surface area contributed by atoms with Gasteiger partial charge in [0, 0.05) is 12.6 Å². The molecule has 1 aromatic carbocycles. The van der Waals surface area contributed by atoms with Crippen molar-refractivity contribution in [3.63, 3.8) is 0 Å². The van der Waals surface area contributed by atoms with Crippen molar-refractivity contribution in [1.82, 2.24) is 14.7 Å². The molecule has 0 radical (unpaired) electrons. The third-order valence-corrected chi connectivity index (χ3v) is 4.16. The molecule has 8 heteroatoms. The Morgan fingerprint density at radius 1 is 1.09 bits per heavy atom. The van der Waals surface area contributed by atoms with E-state index in [-0.39, 0.29) is 12.7 Å². The largest absolute Gasteiger partial charge is 0.335 e. The molecule has 6 nitrogen and oxygen atoms in total. The summed E-state index contributed by atoms with van der Waals surface area (Å²) in [6.07, 6.45) is 0. The molecule has 1 aliphatic heterocycles. The Hall–Kier alpha value is -1.63. The lowest BCUT2D eigenvalue weighted by Gasteiger charge is -2.23. The summed E-state index contributed by atoms with van der Waals surface area (Å²) in [5.41, 5.74) is 0.882. The Balaban J connectivity index is 2.06. The van der Waals surface area contributed by atoms with E-state index in [1.54, 1.807) is 37.9 Å². The molecule has 0 N–H and O–H groups in total. The van der Waals surface area contributed by atoms with Gasteiger partial charge in [-0.2, -0.15) is 0 Å². The fourth-order valence-corrected chi connectivity index (χ4v) is 2.66. The van der Waals surface area contributed by atoms with E-state index in [1.165, 1.54) is 0 Å². The number of imide groups is 2. The van der Waals surface area contributed by atoms with Gasteiger partial charge in [-0.1, -0.05) is 29.3 Å². The van der Waals surface area contributed by atoms with Crippen molar-refractivity contribution in [1.29, 1.82) is 0 Å². The first-order chi connectivity index (χ1) is 10.7. The molecule has 0 bridgehead atoms. The molecule has 0 spiro atoms. The molecule has 1 aliphatic rings. The Kier molecular flexibility index (Phi) is 5.29. The second kappa shape index (κ2) is 6.86. The van der Waals surface area contributed by atoms with E-state index in [0.29, 0.717) is 16.6 Å². The Labute approximate surface area is 144 Å². The van der Waals surface area contributed by atoms with Crippen LogP contribution in [0.2, 0.25) is 10.0 Å². The zero-order valence-electron chi connectivity index (χ0n) is 13.0. The predicted octanol–water partition coefficient (Wildman–Crippen LogP) is 2.58. The van der Waals surface area contributed by atoms with E-state index >= 15 is 0 Å². The second-order valence-corrected chi connectivity index (χ2v) is 6.50. The molecule has 0 aliphatic carbocycles. The highest BCUT2D eigenvalue weighted by Crippen LogP contribution is 2.23. The number of nitrogens with zero attached hydrogens (tertiary/aromatic N) is 3. The summed E-state index contributed by atoms with van der Waals surface area (Å²) in [4.78, 5) is 39.7. The number of carbonyl (C=O) groups is 3. The summed E-state index contributed by atoms with van der Waals surface area (Å²) in [5.74, 6) is -1.59. The normalized spacial score (nSPS) is 15.5. The van der Waals surface area contributed by atoms with Gasteiger partial charge < -0.3 is 0 Å². The molecular weight excluding hydrogens is 341 g/mol. The number of amides is 4. The molecule has 1 heterocycles. The average molecular weight is 358 g/mol. The van der Waals surface area contributed by atoms with Gasteiger partial charge in [0.2, 0.25) is 0 Å². The number of rotatable bonds is 5. The predicted molar refractivity (Wildman–Crippen MR) is 87.0 cm³/mol. The molecule has 0 unspecified atom stereocenters. The van der Waals surface area contributed by atoms with E-state index in [1.807, 2.05) is 6.07 Å². The molecule has 0 saturated carbocycles. The number of halogens is 2. The van der Waals surface area contributed by atoms with Crippen molar-refractivity contribution in [3.05, 3.63) is 33.8 Å². The molecule has 1 fully saturated rings. The van der Waals surface area contributed by atoms with Crippen LogP contribution in [-0.2, 0) is 16.1 Å². The third kappa shape index (κ3) is 3.65. The number of carbonyl (C=O) groups excluding carboxylic acids is 3. The van der Waals surface area contributed by atoms with Crippen LogP contribution in [0.15, 0.2) is 18.2 Å². The maximum absolute atomic E-state index is 12.2. The lowest BCUT2D eigenvalue weighted by molar-refractivity contribution is -0.144. The van der Waals surface area contributed by atoms with Gasteiger partial charge in [-0.05, 0) is 38.6 Å². The Bertz CT molecular complexity index is 663. The van der Waals surface area contributed by atoms with Crippen LogP contribution in [0.3, 0.4) is 0 Å². The van der Waals surface area contributed by atoms with E-state index in [0.717, 1.165) is 15.4 Å². The summed E-state index contributed by atoms with van der Waals surface area (Å²) in [5, 5.41) is 0.896. The highest BCUT2D eigenvalue weighted by Gasteiger charge is 2.45. The molecule has 2 rings (SSSR count). The van der Waals surface area contributed by atoms with E-state index in [9.17, 15) is 14.4 Å². The molecule has 1 aromatic rings. The van der Waals surface area contributed by atoms with Gasteiger partial charge >= 0.3 is 17.8 Å². The van der Waals surface area contributed by atoms with Crippen LogP contribution in [0.25, 0.3) is 0 Å². The van der Waals surface area contributed by atoms with Gasteiger partial charge in [-0.15, -0.1) is 0 Å². The topological polar surface area (TPSA) is 60.9 Å². The molecule has 124 valence electrons. The Morgan fingerprint density at radius 2 is 1.74 bits per heavy atom. The number of benzene rings is 1.